The molecule has 0 aliphatic carbocycles. The first-order valence-corrected chi connectivity index (χ1v) is 12.6. The highest BCUT2D eigenvalue weighted by Gasteiger charge is 2.36. The molecule has 0 saturated carbocycles. The van der Waals surface area contributed by atoms with Gasteiger partial charge in [-0.25, -0.2) is 18.7 Å². The second kappa shape index (κ2) is 8.81. The Morgan fingerprint density at radius 1 is 1.27 bits per heavy atom. The molecule has 2 atom stereocenters. The van der Waals surface area contributed by atoms with Crippen molar-refractivity contribution in [3.63, 3.8) is 0 Å². The van der Waals surface area contributed by atoms with Gasteiger partial charge in [-0.3, -0.25) is 9.88 Å². The van der Waals surface area contributed by atoms with E-state index in [1.54, 1.807) is 6.20 Å². The molecule has 12 heteroatoms. The zero-order valence-corrected chi connectivity index (χ0v) is 20.9. The Morgan fingerprint density at radius 3 is 2.81 bits per heavy atom. The van der Waals surface area contributed by atoms with Crippen molar-refractivity contribution in [3.05, 3.63) is 40.7 Å². The molecule has 9 nitrogen and oxygen atoms in total. The van der Waals surface area contributed by atoms with Crippen LogP contribution in [-0.2, 0) is 18.0 Å². The van der Waals surface area contributed by atoms with E-state index in [2.05, 4.69) is 19.9 Å². The Hall–Kier alpha value is -3.50. The van der Waals surface area contributed by atoms with E-state index in [4.69, 9.17) is 10.5 Å². The average molecular weight is 524 g/mol. The number of aliphatic hydroxyl groups is 1. The van der Waals surface area contributed by atoms with E-state index in [1.165, 1.54) is 0 Å². The number of nitrogens with zero attached hydrogens (tertiary/aromatic N) is 6. The molecule has 3 aromatic heterocycles. The lowest BCUT2D eigenvalue weighted by atomic mass is 9.94. The van der Waals surface area contributed by atoms with Gasteiger partial charge in [-0.05, 0) is 24.7 Å². The number of likely N-dealkylation sites (N-methyl/N-ethyl adjacent to an activating group) is 1. The molecule has 3 N–H and O–H groups in total. The van der Waals surface area contributed by atoms with Crippen LogP contribution in [0.3, 0.4) is 0 Å². The number of anilines is 2. The minimum atomic E-state index is -0.654. The number of aromatic nitrogens is 3. The van der Waals surface area contributed by atoms with Crippen LogP contribution in [0, 0.1) is 23.0 Å². The molecule has 0 amide bonds. The molecule has 0 unspecified atom stereocenters. The first-order chi connectivity index (χ1) is 17.8. The Balaban J connectivity index is 1.57. The largest absolute Gasteiger partial charge is 0.390 e. The highest BCUT2D eigenvalue weighted by molar-refractivity contribution is 7.23. The highest BCUT2D eigenvalue weighted by atomic mass is 32.1. The van der Waals surface area contributed by atoms with E-state index in [9.17, 15) is 14.8 Å². The predicted octanol–water partition coefficient (Wildman–Crippen LogP) is 3.17. The van der Waals surface area contributed by atoms with Crippen LogP contribution in [0.25, 0.3) is 32.2 Å². The van der Waals surface area contributed by atoms with Gasteiger partial charge in [0, 0.05) is 35.6 Å². The van der Waals surface area contributed by atoms with Crippen LogP contribution in [-0.4, -0.2) is 63.8 Å². The highest BCUT2D eigenvalue weighted by Crippen LogP contribution is 2.45. The summed E-state index contributed by atoms with van der Waals surface area (Å²) in [6.45, 7) is 3.97. The molecule has 1 fully saturated rings. The summed E-state index contributed by atoms with van der Waals surface area (Å²) in [7, 11) is 1.94. The third kappa shape index (κ3) is 3.53. The minimum Gasteiger partial charge on any atom is -0.390 e. The number of aliphatic hydroxyl groups excluding tert-OH is 1. The Labute approximate surface area is 214 Å². The fourth-order valence-electron chi connectivity index (χ4n) is 5.29. The average Bonchev–Trinajstić information content (AvgIpc) is 3.61. The van der Waals surface area contributed by atoms with Crippen molar-refractivity contribution >= 4 is 43.3 Å². The predicted molar refractivity (Wildman–Crippen MR) is 136 cm³/mol. The Bertz CT molecular complexity index is 1620. The van der Waals surface area contributed by atoms with Gasteiger partial charge in [-0.1, -0.05) is 6.92 Å². The van der Waals surface area contributed by atoms with E-state index < -0.39 is 17.7 Å². The number of hydrogen-bond acceptors (Lipinski definition) is 10. The summed E-state index contributed by atoms with van der Waals surface area (Å²) in [5, 5.41) is 21.1. The lowest BCUT2D eigenvalue weighted by Crippen LogP contribution is -2.40. The smallest absolute Gasteiger partial charge is 0.226 e. The molecule has 190 valence electrons. The Morgan fingerprint density at radius 2 is 2.05 bits per heavy atom. The first-order valence-electron chi connectivity index (χ1n) is 11.8. The molecule has 2 aliphatic rings. The number of nitrogens with two attached hydrogens (primary N) is 1. The molecule has 5 heterocycles. The van der Waals surface area contributed by atoms with Crippen LogP contribution >= 0.6 is 11.3 Å². The van der Waals surface area contributed by atoms with Gasteiger partial charge < -0.3 is 20.5 Å². The number of rotatable bonds is 4. The molecule has 4 aromatic rings. The van der Waals surface area contributed by atoms with Gasteiger partial charge in [-0.2, -0.15) is 5.26 Å². The standard InChI is InChI=1S/C25H23F2N7O2S/c1-3-33(2)16-7-34(8-17(16)35)25-31-5-12-13-9-36-10-14(13)18(20(27)21(12)32-25)22-19-11(4-28)24(29)37-23(19)15(26)6-30-22/h5-6,16-17,35H,3,7-10,29H2,1-2H3/t16-,17+/m1/s1. The number of halogens is 2. The maximum absolute atomic E-state index is 16.4. The molecule has 1 aromatic carbocycles. The van der Waals surface area contributed by atoms with Crippen molar-refractivity contribution in [1.82, 2.24) is 19.9 Å². The van der Waals surface area contributed by atoms with Crippen LogP contribution in [0.5, 0.6) is 0 Å². The zero-order valence-electron chi connectivity index (χ0n) is 20.1. The number of hydrogen-bond donors (Lipinski definition) is 2. The zero-order chi connectivity index (χ0) is 26.0. The quantitative estimate of drug-likeness (QED) is 0.415. The van der Waals surface area contributed by atoms with E-state index in [1.807, 2.05) is 24.9 Å². The molecule has 0 spiro atoms. The SMILES string of the molecule is CCN(C)[C@@H]1CN(c2ncc3c4c(c(-c5ncc(F)c6sc(N)c(C#N)c56)c(F)c3n2)COC4)C[C@@H]1O. The summed E-state index contributed by atoms with van der Waals surface area (Å²) < 4.78 is 36.9. The Kier molecular flexibility index (Phi) is 5.68. The summed E-state index contributed by atoms with van der Waals surface area (Å²) in [5.74, 6) is -0.981. The van der Waals surface area contributed by atoms with Gasteiger partial charge in [0.1, 0.15) is 16.6 Å². The molecule has 1 saturated heterocycles. The van der Waals surface area contributed by atoms with Gasteiger partial charge >= 0.3 is 0 Å². The van der Waals surface area contributed by atoms with Crippen LogP contribution < -0.4 is 10.6 Å². The molecule has 37 heavy (non-hydrogen) atoms. The number of β-amino-alcohol motifs (C(OH)–C–C–N with tert-alkyl or cyclic N) is 1. The maximum Gasteiger partial charge on any atom is 0.226 e. The fraction of sp³-hybridized carbons (Fsp3) is 0.360. The van der Waals surface area contributed by atoms with Crippen molar-refractivity contribution in [2.75, 3.05) is 37.3 Å². The topological polar surface area (TPSA) is 124 Å². The number of pyridine rings is 1. The summed E-state index contributed by atoms with van der Waals surface area (Å²) in [6.07, 6.45) is 2.00. The normalized spacial score (nSPS) is 19.3. The van der Waals surface area contributed by atoms with E-state index >= 15 is 4.39 Å². The first kappa shape index (κ1) is 23.9. The fourth-order valence-corrected chi connectivity index (χ4v) is 6.21. The van der Waals surface area contributed by atoms with E-state index in [0.717, 1.165) is 29.6 Å². The van der Waals surface area contributed by atoms with Crippen LogP contribution in [0.2, 0.25) is 0 Å². The third-order valence-electron chi connectivity index (χ3n) is 7.34. The number of nitriles is 1. The molecule has 2 aliphatic heterocycles. The summed E-state index contributed by atoms with van der Waals surface area (Å²) in [6, 6.07) is 1.92. The second-order valence-electron chi connectivity index (χ2n) is 9.30. The summed E-state index contributed by atoms with van der Waals surface area (Å²) in [4.78, 5) is 17.2. The molecule has 0 bridgehead atoms. The van der Waals surface area contributed by atoms with Gasteiger partial charge in [0.25, 0.3) is 0 Å². The van der Waals surface area contributed by atoms with Crippen molar-refractivity contribution < 1.29 is 18.6 Å². The number of thiophene rings is 1. The molecular formula is C25H23F2N7O2S. The second-order valence-corrected chi connectivity index (χ2v) is 10.3. The van der Waals surface area contributed by atoms with Crippen LogP contribution in [0.1, 0.15) is 23.6 Å². The number of nitrogen functional groups attached to an aromatic ring is 1. The molecular weight excluding hydrogens is 500 g/mol. The molecule has 0 radical (unpaired) electrons. The summed E-state index contributed by atoms with van der Waals surface area (Å²) >= 11 is 0.932. The maximum atomic E-state index is 16.4. The van der Waals surface area contributed by atoms with Gasteiger partial charge in [0.05, 0.1) is 47.5 Å². The van der Waals surface area contributed by atoms with E-state index in [0.29, 0.717) is 30.0 Å². The minimum absolute atomic E-state index is 0.0645. The van der Waals surface area contributed by atoms with Gasteiger partial charge in [0.2, 0.25) is 5.95 Å². The third-order valence-corrected chi connectivity index (χ3v) is 8.37. The summed E-state index contributed by atoms with van der Waals surface area (Å²) in [5.41, 5.74) is 7.68. The van der Waals surface area contributed by atoms with Crippen LogP contribution in [0.4, 0.5) is 19.7 Å². The number of benzene rings is 1. The van der Waals surface area contributed by atoms with Crippen molar-refractivity contribution in [2.24, 2.45) is 0 Å². The number of fused-ring (bicyclic) bond motifs is 4. The molecule has 6 rings (SSSR count). The number of ether oxygens (including phenoxy) is 1. The van der Waals surface area contributed by atoms with Crippen molar-refractivity contribution in [3.8, 4) is 17.3 Å². The van der Waals surface area contributed by atoms with Crippen molar-refractivity contribution in [2.45, 2.75) is 32.3 Å². The lowest BCUT2D eigenvalue weighted by Gasteiger charge is -2.24. The lowest BCUT2D eigenvalue weighted by molar-refractivity contribution is 0.103. The van der Waals surface area contributed by atoms with Crippen molar-refractivity contribution in [1.29, 1.82) is 5.26 Å². The van der Waals surface area contributed by atoms with Crippen LogP contribution in [0.15, 0.2) is 12.4 Å². The van der Waals surface area contributed by atoms with Gasteiger partial charge in [-0.15, -0.1) is 11.3 Å². The van der Waals surface area contributed by atoms with Gasteiger partial charge in [0.15, 0.2) is 11.6 Å². The van der Waals surface area contributed by atoms with E-state index in [-0.39, 0.29) is 56.7 Å². The monoisotopic (exact) mass is 523 g/mol.